The van der Waals surface area contributed by atoms with Gasteiger partial charge in [-0.15, -0.1) is 0 Å². The fourth-order valence-corrected chi connectivity index (χ4v) is 2.30. The Balaban J connectivity index is 2.40. The van der Waals surface area contributed by atoms with E-state index in [9.17, 15) is 22.4 Å². The fraction of sp³-hybridized carbons (Fsp3) is 0.500. The molecule has 0 N–H and O–H groups in total. The number of carbonyl (C=O) groups excluding carboxylic acids is 1. The molecule has 1 aliphatic heterocycles. The standard InChI is InChI=1S/C14H15F4NO2/c1-13(2)8-21-7-6-19(13)12(20)9-4-3-5-10(11(9)15)14(16,17)18/h3-5H,6-8H2,1-2H3. The lowest BCUT2D eigenvalue weighted by Crippen LogP contribution is -2.55. The minimum absolute atomic E-state index is 0.210. The van der Waals surface area contributed by atoms with Crippen LogP contribution in [0.5, 0.6) is 0 Å². The van der Waals surface area contributed by atoms with Gasteiger partial charge in [0, 0.05) is 6.54 Å². The molecule has 0 unspecified atom stereocenters. The van der Waals surface area contributed by atoms with Crippen LogP contribution >= 0.6 is 0 Å². The summed E-state index contributed by atoms with van der Waals surface area (Å²) in [5.41, 5.74) is -2.70. The monoisotopic (exact) mass is 305 g/mol. The van der Waals surface area contributed by atoms with Gasteiger partial charge < -0.3 is 9.64 Å². The van der Waals surface area contributed by atoms with Crippen LogP contribution in [0.4, 0.5) is 17.6 Å². The van der Waals surface area contributed by atoms with Gasteiger partial charge in [-0.3, -0.25) is 4.79 Å². The van der Waals surface area contributed by atoms with Crippen LogP contribution in [-0.2, 0) is 10.9 Å². The van der Waals surface area contributed by atoms with Gasteiger partial charge in [-0.25, -0.2) is 4.39 Å². The van der Waals surface area contributed by atoms with E-state index in [1.807, 2.05) is 0 Å². The number of ether oxygens (including phenoxy) is 1. The van der Waals surface area contributed by atoms with Crippen LogP contribution in [0.1, 0.15) is 29.8 Å². The van der Waals surface area contributed by atoms with Crippen molar-refractivity contribution in [2.45, 2.75) is 25.6 Å². The fourth-order valence-electron chi connectivity index (χ4n) is 2.30. The summed E-state index contributed by atoms with van der Waals surface area (Å²) in [6.45, 7) is 4.17. The van der Waals surface area contributed by atoms with Crippen LogP contribution in [0, 0.1) is 5.82 Å². The van der Waals surface area contributed by atoms with E-state index in [0.717, 1.165) is 12.1 Å². The second-order valence-electron chi connectivity index (χ2n) is 5.49. The number of morpholine rings is 1. The van der Waals surface area contributed by atoms with Crippen molar-refractivity contribution >= 4 is 5.91 Å². The number of nitrogens with zero attached hydrogens (tertiary/aromatic N) is 1. The minimum atomic E-state index is -4.83. The van der Waals surface area contributed by atoms with Gasteiger partial charge in [0.05, 0.1) is 29.9 Å². The van der Waals surface area contributed by atoms with Crippen LogP contribution < -0.4 is 0 Å². The molecule has 1 aliphatic rings. The highest BCUT2D eigenvalue weighted by atomic mass is 19.4. The molecule has 1 heterocycles. The van der Waals surface area contributed by atoms with E-state index in [4.69, 9.17) is 4.74 Å². The molecule has 0 atom stereocenters. The third-order valence-corrected chi connectivity index (χ3v) is 3.42. The molecule has 1 saturated heterocycles. The van der Waals surface area contributed by atoms with Gasteiger partial charge in [-0.1, -0.05) is 6.07 Å². The van der Waals surface area contributed by atoms with Gasteiger partial charge in [-0.05, 0) is 26.0 Å². The Hall–Kier alpha value is -1.63. The van der Waals surface area contributed by atoms with Crippen LogP contribution in [-0.4, -0.2) is 36.1 Å². The summed E-state index contributed by atoms with van der Waals surface area (Å²) >= 11 is 0. The Bertz CT molecular complexity index is 554. The van der Waals surface area contributed by atoms with E-state index in [1.54, 1.807) is 13.8 Å². The molecule has 0 aliphatic carbocycles. The lowest BCUT2D eigenvalue weighted by atomic mass is 10.00. The molecule has 7 heteroatoms. The van der Waals surface area contributed by atoms with Crippen molar-refractivity contribution in [2.24, 2.45) is 0 Å². The van der Waals surface area contributed by atoms with Crippen molar-refractivity contribution in [1.29, 1.82) is 0 Å². The van der Waals surface area contributed by atoms with Gasteiger partial charge in [0.2, 0.25) is 0 Å². The summed E-state index contributed by atoms with van der Waals surface area (Å²) in [5.74, 6) is -2.29. The van der Waals surface area contributed by atoms with Crippen LogP contribution in [0.15, 0.2) is 18.2 Å². The zero-order valence-electron chi connectivity index (χ0n) is 11.6. The van der Waals surface area contributed by atoms with Crippen molar-refractivity contribution in [1.82, 2.24) is 4.90 Å². The first-order valence-electron chi connectivity index (χ1n) is 6.40. The lowest BCUT2D eigenvalue weighted by Gasteiger charge is -2.42. The van der Waals surface area contributed by atoms with E-state index >= 15 is 0 Å². The second kappa shape index (κ2) is 5.29. The SMILES string of the molecule is CC1(C)COCCN1C(=O)c1cccc(C(F)(F)F)c1F. The lowest BCUT2D eigenvalue weighted by molar-refractivity contribution is -0.140. The molecule has 1 aromatic rings. The zero-order valence-corrected chi connectivity index (χ0v) is 11.6. The molecular weight excluding hydrogens is 290 g/mol. The molecule has 3 nitrogen and oxygen atoms in total. The number of carbonyl (C=O) groups is 1. The molecule has 0 spiro atoms. The van der Waals surface area contributed by atoms with Crippen LogP contribution in [0.3, 0.4) is 0 Å². The zero-order chi connectivity index (χ0) is 15.8. The maximum Gasteiger partial charge on any atom is 0.419 e. The summed E-state index contributed by atoms with van der Waals surface area (Å²) in [5, 5.41) is 0. The molecule has 21 heavy (non-hydrogen) atoms. The van der Waals surface area contributed by atoms with Crippen LogP contribution in [0.25, 0.3) is 0 Å². The van der Waals surface area contributed by atoms with Crippen molar-refractivity contribution < 1.29 is 27.1 Å². The number of benzene rings is 1. The first kappa shape index (κ1) is 15.8. The molecule has 0 radical (unpaired) electrons. The van der Waals surface area contributed by atoms with E-state index in [0.29, 0.717) is 6.07 Å². The smallest absolute Gasteiger partial charge is 0.377 e. The van der Waals surface area contributed by atoms with E-state index in [1.165, 1.54) is 4.90 Å². The molecule has 1 fully saturated rings. The van der Waals surface area contributed by atoms with E-state index in [-0.39, 0.29) is 19.8 Å². The van der Waals surface area contributed by atoms with Crippen molar-refractivity contribution in [3.8, 4) is 0 Å². The Kier molecular flexibility index (Phi) is 3.97. The number of alkyl halides is 3. The predicted octanol–water partition coefficient (Wildman–Crippen LogP) is 3.10. The van der Waals surface area contributed by atoms with Crippen molar-refractivity contribution in [2.75, 3.05) is 19.8 Å². The molecule has 0 bridgehead atoms. The van der Waals surface area contributed by atoms with Crippen molar-refractivity contribution in [3.05, 3.63) is 35.1 Å². The molecule has 2 rings (SSSR count). The molecule has 0 aromatic heterocycles. The molecule has 1 amide bonds. The average Bonchev–Trinajstić information content (AvgIpc) is 2.36. The van der Waals surface area contributed by atoms with E-state index < -0.39 is 34.6 Å². The van der Waals surface area contributed by atoms with Gasteiger partial charge >= 0.3 is 6.18 Å². The summed E-state index contributed by atoms with van der Waals surface area (Å²) < 4.78 is 57.4. The van der Waals surface area contributed by atoms with E-state index in [2.05, 4.69) is 0 Å². The Morgan fingerprint density at radius 3 is 2.57 bits per heavy atom. The Labute approximate surface area is 119 Å². The number of amides is 1. The highest BCUT2D eigenvalue weighted by Gasteiger charge is 2.39. The highest BCUT2D eigenvalue weighted by Crippen LogP contribution is 2.33. The second-order valence-corrected chi connectivity index (χ2v) is 5.49. The third kappa shape index (κ3) is 3.02. The van der Waals surface area contributed by atoms with Crippen LogP contribution in [0.2, 0.25) is 0 Å². The largest absolute Gasteiger partial charge is 0.419 e. The molecule has 1 aromatic carbocycles. The quantitative estimate of drug-likeness (QED) is 0.746. The maximum absolute atomic E-state index is 14.0. The Morgan fingerprint density at radius 1 is 1.33 bits per heavy atom. The average molecular weight is 305 g/mol. The highest BCUT2D eigenvalue weighted by molar-refractivity contribution is 5.95. The van der Waals surface area contributed by atoms with Gasteiger partial charge in [0.15, 0.2) is 0 Å². The van der Waals surface area contributed by atoms with Gasteiger partial charge in [0.25, 0.3) is 5.91 Å². The summed E-state index contributed by atoms with van der Waals surface area (Å²) in [6.07, 6.45) is -4.83. The molecule has 0 saturated carbocycles. The summed E-state index contributed by atoms with van der Waals surface area (Å²) in [7, 11) is 0. The molecule has 116 valence electrons. The first-order valence-corrected chi connectivity index (χ1v) is 6.40. The number of halogens is 4. The van der Waals surface area contributed by atoms with Gasteiger partial charge in [-0.2, -0.15) is 13.2 Å². The maximum atomic E-state index is 14.0. The number of rotatable bonds is 1. The Morgan fingerprint density at radius 2 is 2.00 bits per heavy atom. The summed E-state index contributed by atoms with van der Waals surface area (Å²) in [4.78, 5) is 13.7. The minimum Gasteiger partial charge on any atom is -0.377 e. The number of hydrogen-bond donors (Lipinski definition) is 0. The van der Waals surface area contributed by atoms with Gasteiger partial charge in [0.1, 0.15) is 5.82 Å². The molecular formula is C14H15F4NO2. The topological polar surface area (TPSA) is 29.5 Å². The first-order chi connectivity index (χ1) is 9.64. The number of hydrogen-bond acceptors (Lipinski definition) is 2. The predicted molar refractivity (Wildman–Crippen MR) is 67.3 cm³/mol. The third-order valence-electron chi connectivity index (χ3n) is 3.42. The van der Waals surface area contributed by atoms with Crippen molar-refractivity contribution in [3.63, 3.8) is 0 Å². The normalized spacial score (nSPS) is 18.7. The summed E-state index contributed by atoms with van der Waals surface area (Å²) in [6, 6.07) is 2.72.